The number of carboxylic acid groups (broad SMARTS) is 1. The molecule has 0 heterocycles. The number of nitro benzene ring substituents is 1. The number of quaternary nitrogens is 2. The summed E-state index contributed by atoms with van der Waals surface area (Å²) in [6.45, 7) is 7.30. The third-order valence-electron chi connectivity index (χ3n) is 4.33. The number of carbonyl (C=O) groups excluding carboxylic acids is 2. The lowest BCUT2D eigenvalue weighted by Gasteiger charge is -2.19. The molecular weight excluding hydrogens is 356 g/mol. The number of nitro groups is 1. The van der Waals surface area contributed by atoms with Gasteiger partial charge in [-0.25, -0.2) is 0 Å². The zero-order valence-electron chi connectivity index (χ0n) is 15.8. The Labute approximate surface area is 157 Å². The second kappa shape index (κ2) is 11.1. The van der Waals surface area contributed by atoms with Crippen LogP contribution in [-0.2, 0) is 9.59 Å². The third kappa shape index (κ3) is 7.19. The van der Waals surface area contributed by atoms with E-state index in [1.54, 1.807) is 5.32 Å². The molecule has 1 aromatic rings. The van der Waals surface area contributed by atoms with Gasteiger partial charge < -0.3 is 30.2 Å². The lowest BCUT2D eigenvalue weighted by Crippen LogP contribution is -3.14. The highest BCUT2D eigenvalue weighted by molar-refractivity contribution is 5.95. The molecule has 1 atom stereocenters. The summed E-state index contributed by atoms with van der Waals surface area (Å²) in [5, 5.41) is 26.3. The molecule has 10 nitrogen and oxygen atoms in total. The Morgan fingerprint density at radius 2 is 2.00 bits per heavy atom. The van der Waals surface area contributed by atoms with Crippen molar-refractivity contribution in [1.29, 1.82) is 0 Å². The fraction of sp³-hybridized carbons (Fsp3) is 0.529. The number of likely N-dealkylation sites (N-methyl/N-ethyl adjacent to an activating group) is 1. The number of aliphatic carboxylic acids is 1. The molecule has 0 saturated heterocycles. The van der Waals surface area contributed by atoms with Crippen molar-refractivity contribution in [2.24, 2.45) is 0 Å². The second-order valence-electron chi connectivity index (χ2n) is 6.05. The van der Waals surface area contributed by atoms with Crippen LogP contribution in [0.25, 0.3) is 0 Å². The van der Waals surface area contributed by atoms with Gasteiger partial charge in [0.05, 0.1) is 43.2 Å². The minimum atomic E-state index is -1.33. The lowest BCUT2D eigenvalue weighted by molar-refractivity contribution is -0.910. The molecule has 1 amide bonds. The zero-order chi connectivity index (χ0) is 20.4. The van der Waals surface area contributed by atoms with Gasteiger partial charge >= 0.3 is 0 Å². The number of anilines is 1. The average Bonchev–Trinajstić information content (AvgIpc) is 2.63. The SMILES string of the molecule is CC[NH+](CC)CC[NH2+][C@H](CC(=O)Nc1cc([N+](=O)[O-])ccc1OC)C(=O)[O-]. The summed E-state index contributed by atoms with van der Waals surface area (Å²) >= 11 is 0. The first-order chi connectivity index (χ1) is 12.8. The predicted octanol–water partition coefficient (Wildman–Crippen LogP) is -2.46. The number of hydrogen-bond acceptors (Lipinski definition) is 6. The largest absolute Gasteiger partial charge is 0.544 e. The molecule has 4 N–H and O–H groups in total. The quantitative estimate of drug-likeness (QED) is 0.270. The van der Waals surface area contributed by atoms with Crippen molar-refractivity contribution in [3.63, 3.8) is 0 Å². The first-order valence-electron chi connectivity index (χ1n) is 8.82. The van der Waals surface area contributed by atoms with Crippen molar-refractivity contribution in [3.8, 4) is 5.75 Å². The van der Waals surface area contributed by atoms with Crippen molar-refractivity contribution in [3.05, 3.63) is 28.3 Å². The van der Waals surface area contributed by atoms with Gasteiger partial charge in [-0.1, -0.05) is 0 Å². The molecule has 0 fully saturated rings. The van der Waals surface area contributed by atoms with E-state index in [4.69, 9.17) is 4.74 Å². The molecule has 0 aliphatic rings. The number of nitrogens with zero attached hydrogens (tertiary/aromatic N) is 1. The Bertz CT molecular complexity index is 663. The number of carboxylic acids is 1. The summed E-state index contributed by atoms with van der Waals surface area (Å²) in [5.74, 6) is -1.67. The Morgan fingerprint density at radius 3 is 2.52 bits per heavy atom. The molecule has 1 rings (SSSR count). The number of non-ortho nitro benzene ring substituents is 1. The van der Waals surface area contributed by atoms with Gasteiger partial charge in [-0.05, 0) is 19.9 Å². The summed E-state index contributed by atoms with van der Waals surface area (Å²) in [7, 11) is 1.37. The molecule has 0 saturated carbocycles. The number of hydrogen-bond donors (Lipinski definition) is 3. The van der Waals surface area contributed by atoms with Gasteiger partial charge in [0.25, 0.3) is 5.69 Å². The molecule has 0 radical (unpaired) electrons. The zero-order valence-corrected chi connectivity index (χ0v) is 15.8. The first-order valence-corrected chi connectivity index (χ1v) is 8.82. The molecule has 27 heavy (non-hydrogen) atoms. The van der Waals surface area contributed by atoms with Crippen LogP contribution in [0, 0.1) is 10.1 Å². The molecule has 1 aromatic carbocycles. The summed E-state index contributed by atoms with van der Waals surface area (Å²) in [4.78, 5) is 35.2. The summed E-state index contributed by atoms with van der Waals surface area (Å²) in [6, 6.07) is 2.74. The molecule has 10 heteroatoms. The fourth-order valence-corrected chi connectivity index (χ4v) is 2.66. The van der Waals surface area contributed by atoms with Gasteiger partial charge in [0.15, 0.2) is 0 Å². The number of benzene rings is 1. The lowest BCUT2D eigenvalue weighted by atomic mass is 10.2. The van der Waals surface area contributed by atoms with Gasteiger partial charge in [-0.3, -0.25) is 14.9 Å². The highest BCUT2D eigenvalue weighted by Gasteiger charge is 2.21. The van der Waals surface area contributed by atoms with Crippen LogP contribution in [0.1, 0.15) is 20.3 Å². The van der Waals surface area contributed by atoms with Crippen LogP contribution in [0.3, 0.4) is 0 Å². The number of methoxy groups -OCH3 is 1. The Hall–Kier alpha value is -2.72. The van der Waals surface area contributed by atoms with E-state index in [1.165, 1.54) is 24.1 Å². The number of amides is 1. The van der Waals surface area contributed by atoms with E-state index in [-0.39, 0.29) is 23.5 Å². The van der Waals surface area contributed by atoms with Crippen molar-refractivity contribution in [2.45, 2.75) is 26.3 Å². The van der Waals surface area contributed by atoms with Gasteiger partial charge in [-0.2, -0.15) is 0 Å². The minimum absolute atomic E-state index is 0.112. The van der Waals surface area contributed by atoms with Crippen LogP contribution in [0.2, 0.25) is 0 Å². The van der Waals surface area contributed by atoms with Crippen LogP contribution in [0.4, 0.5) is 11.4 Å². The average molecular weight is 383 g/mol. The third-order valence-corrected chi connectivity index (χ3v) is 4.33. The van der Waals surface area contributed by atoms with Gasteiger partial charge in [0.1, 0.15) is 24.9 Å². The van der Waals surface area contributed by atoms with Crippen LogP contribution < -0.4 is 25.4 Å². The number of ether oxygens (including phenoxy) is 1. The summed E-state index contributed by atoms with van der Waals surface area (Å²) < 4.78 is 5.07. The fourth-order valence-electron chi connectivity index (χ4n) is 2.66. The highest BCUT2D eigenvalue weighted by Crippen LogP contribution is 2.28. The predicted molar refractivity (Wildman–Crippen MR) is 95.4 cm³/mol. The molecular formula is C17H27N4O6+. The van der Waals surface area contributed by atoms with E-state index in [0.717, 1.165) is 25.7 Å². The number of nitrogens with one attached hydrogen (secondary N) is 2. The van der Waals surface area contributed by atoms with E-state index in [0.29, 0.717) is 6.54 Å². The number of carbonyl (C=O) groups is 2. The van der Waals surface area contributed by atoms with Gasteiger partial charge in [0.2, 0.25) is 5.91 Å². The van der Waals surface area contributed by atoms with E-state index >= 15 is 0 Å². The van der Waals surface area contributed by atoms with Gasteiger partial charge in [0, 0.05) is 12.1 Å². The van der Waals surface area contributed by atoms with Crippen molar-refractivity contribution >= 4 is 23.3 Å². The standard InChI is InChI=1S/C17H26N4O6/c1-4-20(5-2)9-8-18-14(17(23)24)11-16(22)19-13-10-12(21(25)26)6-7-15(13)27-3/h6-7,10,14,18H,4-5,8-9,11H2,1-3H3,(H,19,22)(H,23,24)/p+1/t14-/m1/s1. The van der Waals surface area contributed by atoms with Crippen molar-refractivity contribution in [1.82, 2.24) is 0 Å². The van der Waals surface area contributed by atoms with Gasteiger partial charge in [-0.15, -0.1) is 0 Å². The maximum atomic E-state index is 12.2. The maximum absolute atomic E-state index is 12.2. The molecule has 0 aromatic heterocycles. The molecule has 0 spiro atoms. The second-order valence-corrected chi connectivity index (χ2v) is 6.05. The van der Waals surface area contributed by atoms with Crippen molar-refractivity contribution < 1.29 is 34.6 Å². The molecule has 0 aliphatic heterocycles. The number of nitrogens with two attached hydrogens (primary N) is 1. The van der Waals surface area contributed by atoms with E-state index < -0.39 is 22.8 Å². The number of rotatable bonds is 12. The van der Waals surface area contributed by atoms with Crippen LogP contribution in [0.5, 0.6) is 5.75 Å². The Balaban J connectivity index is 2.73. The van der Waals surface area contributed by atoms with E-state index in [2.05, 4.69) is 19.2 Å². The first kappa shape index (κ1) is 22.3. The maximum Gasteiger partial charge on any atom is 0.271 e. The summed E-state index contributed by atoms with van der Waals surface area (Å²) in [5.41, 5.74) is -0.0994. The smallest absolute Gasteiger partial charge is 0.271 e. The van der Waals surface area contributed by atoms with E-state index in [1.807, 2.05) is 0 Å². The highest BCUT2D eigenvalue weighted by atomic mass is 16.6. The van der Waals surface area contributed by atoms with Crippen molar-refractivity contribution in [2.75, 3.05) is 38.6 Å². The Morgan fingerprint density at radius 1 is 1.33 bits per heavy atom. The molecule has 0 bridgehead atoms. The van der Waals surface area contributed by atoms with Crippen LogP contribution in [-0.4, -0.2) is 56.1 Å². The normalized spacial score (nSPS) is 11.9. The monoisotopic (exact) mass is 383 g/mol. The topological polar surface area (TPSA) is 143 Å². The van der Waals surface area contributed by atoms with E-state index in [9.17, 15) is 24.8 Å². The molecule has 0 aliphatic carbocycles. The van der Waals surface area contributed by atoms with Crippen LogP contribution >= 0.6 is 0 Å². The molecule has 150 valence electrons. The molecule has 0 unspecified atom stereocenters. The minimum Gasteiger partial charge on any atom is -0.544 e. The Kier molecular flexibility index (Phi) is 9.17. The van der Waals surface area contributed by atoms with Crippen LogP contribution in [0.15, 0.2) is 18.2 Å². The summed E-state index contributed by atoms with van der Waals surface area (Å²) in [6.07, 6.45) is -0.318.